The summed E-state index contributed by atoms with van der Waals surface area (Å²) in [6, 6.07) is 61.3. The van der Waals surface area contributed by atoms with Crippen LogP contribution in [-0.2, 0) is 6.18 Å². The van der Waals surface area contributed by atoms with Crippen molar-refractivity contribution in [2.75, 3.05) is 0 Å². The summed E-state index contributed by atoms with van der Waals surface area (Å²) >= 11 is 0. The zero-order valence-corrected chi connectivity index (χ0v) is 51.7. The Labute approximate surface area is 508 Å². The van der Waals surface area contributed by atoms with Gasteiger partial charge in [0.05, 0.1) is 39.9 Å². The topological polar surface area (TPSA) is 14.2 Å². The minimum atomic E-state index is -4.57. The molecule has 0 saturated carbocycles. The quantitative estimate of drug-likeness (QED) is 0.135. The normalized spacial score (nSPS) is 11.9. The summed E-state index contributed by atoms with van der Waals surface area (Å²) in [7, 11) is 0. The fourth-order valence-corrected chi connectivity index (χ4v) is 15.0. The van der Waals surface area contributed by atoms with Crippen molar-refractivity contribution in [2.24, 2.45) is 0 Å². The van der Waals surface area contributed by atoms with Gasteiger partial charge in [0, 0.05) is 32.8 Å². The highest BCUT2D eigenvalue weighted by atomic mass is 19.4. The molecule has 0 N–H and O–H groups in total. The lowest BCUT2D eigenvalue weighted by Crippen LogP contribution is -2.05. The summed E-state index contributed by atoms with van der Waals surface area (Å²) in [5.74, 6) is 0. The lowest BCUT2D eigenvalue weighted by Gasteiger charge is -2.21. The van der Waals surface area contributed by atoms with Gasteiger partial charge in [-0.3, -0.25) is 0 Å². The maximum Gasteiger partial charge on any atom is 0.416 e. The van der Waals surface area contributed by atoms with Crippen LogP contribution in [0.25, 0.3) is 127 Å². The Morgan fingerprint density at radius 2 is 0.644 bits per heavy atom. The van der Waals surface area contributed by atoms with Gasteiger partial charge in [-0.05, 0) is 280 Å². The molecule has 0 saturated heterocycles. The van der Waals surface area contributed by atoms with E-state index in [0.29, 0.717) is 33.5 Å². The molecule has 0 fully saturated rings. The molecule has 0 atom stereocenters. The average molecular weight is 1140 g/mol. The van der Waals surface area contributed by atoms with Crippen LogP contribution in [0.3, 0.4) is 0 Å². The van der Waals surface area contributed by atoms with Gasteiger partial charge < -0.3 is 9.13 Å². The van der Waals surface area contributed by atoms with E-state index in [-0.39, 0.29) is 0 Å². The molecule has 13 aromatic rings. The average Bonchev–Trinajstić information content (AvgIpc) is 1.63. The van der Waals surface area contributed by atoms with E-state index in [1.165, 1.54) is 101 Å². The van der Waals surface area contributed by atoms with Crippen molar-refractivity contribution in [1.82, 2.24) is 9.13 Å². The molecule has 0 aliphatic carbocycles. The van der Waals surface area contributed by atoms with Gasteiger partial charge in [-0.15, -0.1) is 0 Å². The van der Waals surface area contributed by atoms with Crippen LogP contribution >= 0.6 is 0 Å². The van der Waals surface area contributed by atoms with E-state index >= 15 is 0 Å². The molecule has 2 aromatic heterocycles. The summed E-state index contributed by atoms with van der Waals surface area (Å²) in [6.45, 7) is 36.8. The summed E-state index contributed by atoms with van der Waals surface area (Å²) in [6.07, 6.45) is -4.57. The van der Waals surface area contributed by atoms with Crippen LogP contribution in [0.2, 0.25) is 0 Å². The Balaban J connectivity index is 1.15. The molecule has 0 radical (unpaired) electrons. The second-order valence-corrected chi connectivity index (χ2v) is 24.8. The molecule has 6 heteroatoms. The highest BCUT2D eigenvalue weighted by Crippen LogP contribution is 2.49. The first kappa shape index (κ1) is 56.4. The van der Waals surface area contributed by atoms with Crippen molar-refractivity contribution >= 4 is 49.3 Å². The third kappa shape index (κ3) is 9.62. The molecule has 11 aromatic carbocycles. The van der Waals surface area contributed by atoms with Crippen LogP contribution in [0.5, 0.6) is 0 Å². The van der Waals surface area contributed by atoms with E-state index in [9.17, 15) is 13.2 Å². The minimum Gasteiger partial charge on any atom is -0.310 e. The largest absolute Gasteiger partial charge is 0.416 e. The van der Waals surface area contributed by atoms with Gasteiger partial charge in [-0.2, -0.15) is 13.2 Å². The minimum absolute atomic E-state index is 0.409. The third-order valence-electron chi connectivity index (χ3n) is 18.0. The summed E-state index contributed by atoms with van der Waals surface area (Å²) in [5, 5.41) is 4.23. The van der Waals surface area contributed by atoms with Gasteiger partial charge in [-0.25, -0.2) is 4.85 Å². The van der Waals surface area contributed by atoms with Crippen LogP contribution < -0.4 is 0 Å². The molecular formula is C81H68F3N3. The van der Waals surface area contributed by atoms with Gasteiger partial charge in [0.25, 0.3) is 0 Å². The van der Waals surface area contributed by atoms with Crippen molar-refractivity contribution in [3.8, 4) is 78.1 Å². The Hall–Kier alpha value is -9.70. The van der Waals surface area contributed by atoms with Crippen LogP contribution in [0.1, 0.15) is 77.9 Å². The second kappa shape index (κ2) is 21.1. The summed E-state index contributed by atoms with van der Waals surface area (Å²) < 4.78 is 49.1. The number of hydrogen-bond donors (Lipinski definition) is 0. The van der Waals surface area contributed by atoms with Crippen LogP contribution in [0.15, 0.2) is 176 Å². The third-order valence-corrected chi connectivity index (χ3v) is 18.0. The van der Waals surface area contributed by atoms with Crippen molar-refractivity contribution in [3.05, 3.63) is 265 Å². The number of aromatic nitrogens is 2. The van der Waals surface area contributed by atoms with Crippen molar-refractivity contribution < 1.29 is 13.2 Å². The van der Waals surface area contributed by atoms with Gasteiger partial charge in [0.2, 0.25) is 0 Å². The molecule has 0 amide bonds. The van der Waals surface area contributed by atoms with E-state index in [2.05, 4.69) is 231 Å². The monoisotopic (exact) mass is 1140 g/mol. The van der Waals surface area contributed by atoms with E-state index < -0.39 is 11.7 Å². The predicted octanol–water partition coefficient (Wildman–Crippen LogP) is 23.5. The first-order valence-corrected chi connectivity index (χ1v) is 29.9. The van der Waals surface area contributed by atoms with Crippen LogP contribution in [0, 0.1) is 96.6 Å². The molecule has 0 aliphatic rings. The Kier molecular flexibility index (Phi) is 13.7. The molecule has 0 spiro atoms. The van der Waals surface area contributed by atoms with Crippen LogP contribution in [-0.4, -0.2) is 9.13 Å². The molecule has 3 nitrogen and oxygen atoms in total. The zero-order valence-electron chi connectivity index (χ0n) is 51.7. The van der Waals surface area contributed by atoms with Crippen molar-refractivity contribution in [3.63, 3.8) is 0 Å². The number of aryl methyl sites for hydroxylation is 13. The maximum absolute atomic E-state index is 14.8. The fourth-order valence-electron chi connectivity index (χ4n) is 15.0. The molecule has 0 bridgehead atoms. The van der Waals surface area contributed by atoms with Crippen molar-refractivity contribution in [2.45, 2.75) is 96.2 Å². The van der Waals surface area contributed by atoms with Gasteiger partial charge >= 0.3 is 6.18 Å². The Morgan fingerprint density at radius 3 is 0.989 bits per heavy atom. The number of hydrogen-bond acceptors (Lipinski definition) is 0. The predicted molar refractivity (Wildman–Crippen MR) is 361 cm³/mol. The standard InChI is InChI=1S/C81H68F3N3/c1-44-28-49(6)76(50(7)29-44)58-19-24-70-64(40-58)65-41-59(77-51(8)30-45(2)31-52(77)9)20-25-71(65)86(70)74-23-18-57(62-36-48(5)37-63(38-62)81(82,83)84)39-68(74)80-69(85-14)16-15-17-75(80)87-72-26-21-60(78-53(10)32-46(3)33-54(78)11)42-66(72)67-43-61(22-27-73(67)87)79-55(12)34-47(4)35-56(79)13/h15-43H,1-13H3. The summed E-state index contributed by atoms with van der Waals surface area (Å²) in [4.78, 5) is 4.36. The highest BCUT2D eigenvalue weighted by molar-refractivity contribution is 6.15. The lowest BCUT2D eigenvalue weighted by molar-refractivity contribution is -0.137. The smallest absolute Gasteiger partial charge is 0.310 e. The van der Waals surface area contributed by atoms with E-state index in [0.717, 1.165) is 77.2 Å². The molecule has 2 heterocycles. The number of fused-ring (bicyclic) bond motifs is 6. The van der Waals surface area contributed by atoms with Crippen LogP contribution in [0.4, 0.5) is 18.9 Å². The van der Waals surface area contributed by atoms with Crippen molar-refractivity contribution in [1.29, 1.82) is 0 Å². The number of benzene rings is 11. The molecule has 13 rings (SSSR count). The SMILES string of the molecule is [C-]#[N+]c1cccc(-n2c3ccc(-c4c(C)cc(C)cc4C)cc3c3cc(-c4c(C)cc(C)cc4C)ccc32)c1-c1cc(-c2cc(C)cc(C(F)(F)F)c2)ccc1-n1c2ccc(-c3c(C)cc(C)cc3C)cc2c2cc(-c3c(C)cc(C)cc3C)ccc21. The summed E-state index contributed by atoms with van der Waals surface area (Å²) in [5.41, 5.74) is 31.7. The van der Waals surface area contributed by atoms with E-state index in [1.54, 1.807) is 6.92 Å². The van der Waals surface area contributed by atoms with Gasteiger partial charge in [0.1, 0.15) is 0 Å². The fraction of sp³-hybridized carbons (Fsp3) is 0.173. The van der Waals surface area contributed by atoms with Gasteiger partial charge in [0.15, 0.2) is 5.69 Å². The molecule has 0 unspecified atom stereocenters. The molecular weight excluding hydrogens is 1070 g/mol. The zero-order chi connectivity index (χ0) is 61.2. The Bertz CT molecular complexity index is 4800. The molecule has 0 aliphatic heterocycles. The molecule has 428 valence electrons. The number of rotatable bonds is 8. The van der Waals surface area contributed by atoms with Gasteiger partial charge in [-0.1, -0.05) is 119 Å². The number of halogens is 3. The second-order valence-electron chi connectivity index (χ2n) is 24.8. The first-order valence-electron chi connectivity index (χ1n) is 29.9. The number of nitrogens with zero attached hydrogens (tertiary/aromatic N) is 3. The van der Waals surface area contributed by atoms with E-state index in [4.69, 9.17) is 6.57 Å². The number of alkyl halides is 3. The maximum atomic E-state index is 14.8. The van der Waals surface area contributed by atoms with E-state index in [1.807, 2.05) is 30.3 Å². The lowest BCUT2D eigenvalue weighted by atomic mass is 9.91. The first-order chi connectivity index (χ1) is 41.5. The molecule has 87 heavy (non-hydrogen) atoms. The Morgan fingerprint density at radius 1 is 0.310 bits per heavy atom. The highest BCUT2D eigenvalue weighted by Gasteiger charge is 2.32.